The molecule has 0 saturated carbocycles. The normalized spacial score (nSPS) is 14.2. The highest BCUT2D eigenvalue weighted by Gasteiger charge is 2.24. The van der Waals surface area contributed by atoms with Crippen molar-refractivity contribution in [3.8, 4) is 11.1 Å². The number of pyridine rings is 2. The van der Waals surface area contributed by atoms with E-state index in [1.807, 2.05) is 32.9 Å². The number of hydrogen-bond donors (Lipinski definition) is 1. The molecule has 0 radical (unpaired) electrons. The average Bonchev–Trinajstić information content (AvgIpc) is 2.77. The third kappa shape index (κ3) is 3.86. The number of anilines is 1. The van der Waals surface area contributed by atoms with Gasteiger partial charge in [-0.3, -0.25) is 19.6 Å². The van der Waals surface area contributed by atoms with E-state index in [9.17, 15) is 9.59 Å². The van der Waals surface area contributed by atoms with Crippen LogP contribution >= 0.6 is 0 Å². The summed E-state index contributed by atoms with van der Waals surface area (Å²) >= 11 is 0. The molecule has 0 saturated heterocycles. The number of carbonyl (C=O) groups is 2. The lowest BCUT2D eigenvalue weighted by molar-refractivity contribution is -0.118. The van der Waals surface area contributed by atoms with E-state index in [1.165, 1.54) is 11.0 Å². The van der Waals surface area contributed by atoms with E-state index in [0.717, 1.165) is 22.3 Å². The Morgan fingerprint density at radius 1 is 1.19 bits per heavy atom. The Kier molecular flexibility index (Phi) is 5.74. The zero-order valence-corrected chi connectivity index (χ0v) is 18.6. The summed E-state index contributed by atoms with van der Waals surface area (Å²) in [6.07, 6.45) is 5.90. The summed E-state index contributed by atoms with van der Waals surface area (Å²) in [4.78, 5) is 34.7. The Labute approximate surface area is 186 Å². The van der Waals surface area contributed by atoms with Crippen molar-refractivity contribution in [2.45, 2.75) is 39.7 Å². The molecule has 6 nitrogen and oxygen atoms in total. The first-order valence-electron chi connectivity index (χ1n) is 10.5. The van der Waals surface area contributed by atoms with Gasteiger partial charge in [0.1, 0.15) is 11.5 Å². The number of amides is 2. The van der Waals surface area contributed by atoms with Crippen LogP contribution in [0.15, 0.2) is 42.9 Å². The van der Waals surface area contributed by atoms with Crippen molar-refractivity contribution in [2.75, 3.05) is 11.9 Å². The molecule has 32 heavy (non-hydrogen) atoms. The lowest BCUT2D eigenvalue weighted by atomic mass is 9.92. The van der Waals surface area contributed by atoms with E-state index in [0.29, 0.717) is 35.3 Å². The van der Waals surface area contributed by atoms with Crippen molar-refractivity contribution in [3.63, 3.8) is 0 Å². The third-order valence-electron chi connectivity index (χ3n) is 6.10. The molecule has 1 aromatic carbocycles. The standard InChI is InChI=1S/C25H25FN4O2/c1-14-6-5-9-28-24(14)25(32)29-16(3)19-12-27-13-20(15(19)2)18-10-17-7-8-23(31)30(4)22(17)11-21(18)26/h5-6,9-13,16H,7-8H2,1-4H3,(H,29,32). The van der Waals surface area contributed by atoms with Gasteiger partial charge in [0.05, 0.1) is 6.04 Å². The van der Waals surface area contributed by atoms with Crippen LogP contribution in [0.4, 0.5) is 10.1 Å². The van der Waals surface area contributed by atoms with Crippen molar-refractivity contribution < 1.29 is 14.0 Å². The highest BCUT2D eigenvalue weighted by Crippen LogP contribution is 2.36. The molecule has 4 rings (SSSR count). The maximum atomic E-state index is 15.1. The second-order valence-corrected chi connectivity index (χ2v) is 8.18. The van der Waals surface area contributed by atoms with Gasteiger partial charge in [-0.25, -0.2) is 4.39 Å². The van der Waals surface area contributed by atoms with Gasteiger partial charge in [-0.05, 0) is 67.6 Å². The summed E-state index contributed by atoms with van der Waals surface area (Å²) in [7, 11) is 1.67. The van der Waals surface area contributed by atoms with Crippen molar-refractivity contribution in [3.05, 3.63) is 76.6 Å². The Balaban J connectivity index is 1.67. The number of carbonyl (C=O) groups excluding carboxylic acids is 2. The van der Waals surface area contributed by atoms with E-state index in [2.05, 4.69) is 15.3 Å². The zero-order chi connectivity index (χ0) is 23.0. The van der Waals surface area contributed by atoms with Gasteiger partial charge in [-0.15, -0.1) is 0 Å². The maximum absolute atomic E-state index is 15.1. The van der Waals surface area contributed by atoms with Gasteiger partial charge < -0.3 is 10.2 Å². The second kappa shape index (κ2) is 8.49. The first-order chi connectivity index (χ1) is 15.3. The fourth-order valence-electron chi connectivity index (χ4n) is 4.19. The van der Waals surface area contributed by atoms with Crippen LogP contribution in [0.1, 0.15) is 52.1 Å². The summed E-state index contributed by atoms with van der Waals surface area (Å²) in [5.41, 5.74) is 5.45. The number of aryl methyl sites for hydroxylation is 2. The number of hydrogen-bond acceptors (Lipinski definition) is 4. The maximum Gasteiger partial charge on any atom is 0.270 e. The molecular weight excluding hydrogens is 407 g/mol. The lowest BCUT2D eigenvalue weighted by Crippen LogP contribution is -2.31. The summed E-state index contributed by atoms with van der Waals surface area (Å²) in [5.74, 6) is -0.696. The summed E-state index contributed by atoms with van der Waals surface area (Å²) in [6.45, 7) is 5.60. The van der Waals surface area contributed by atoms with Crippen LogP contribution in [0.2, 0.25) is 0 Å². The molecule has 1 atom stereocenters. The lowest BCUT2D eigenvalue weighted by Gasteiger charge is -2.27. The molecule has 0 fully saturated rings. The Morgan fingerprint density at radius 2 is 1.97 bits per heavy atom. The molecule has 2 aromatic heterocycles. The predicted octanol–water partition coefficient (Wildman–Crippen LogP) is 4.30. The summed E-state index contributed by atoms with van der Waals surface area (Å²) < 4.78 is 15.1. The highest BCUT2D eigenvalue weighted by atomic mass is 19.1. The minimum atomic E-state index is -0.409. The van der Waals surface area contributed by atoms with Gasteiger partial charge in [-0.1, -0.05) is 6.07 Å². The molecule has 3 heterocycles. The molecule has 1 N–H and O–H groups in total. The Hall–Kier alpha value is -3.61. The minimum Gasteiger partial charge on any atom is -0.344 e. The van der Waals surface area contributed by atoms with Crippen molar-refractivity contribution >= 4 is 17.5 Å². The quantitative estimate of drug-likeness (QED) is 0.667. The van der Waals surface area contributed by atoms with Crippen LogP contribution in [0, 0.1) is 19.7 Å². The fourth-order valence-corrected chi connectivity index (χ4v) is 4.19. The van der Waals surface area contributed by atoms with Gasteiger partial charge in [0.25, 0.3) is 5.91 Å². The first kappa shape index (κ1) is 21.6. The summed E-state index contributed by atoms with van der Waals surface area (Å²) in [5, 5.41) is 2.97. The number of nitrogens with zero attached hydrogens (tertiary/aromatic N) is 3. The molecular formula is C25H25FN4O2. The van der Waals surface area contributed by atoms with Gasteiger partial charge in [-0.2, -0.15) is 0 Å². The van der Waals surface area contributed by atoms with Crippen LogP contribution in [0.5, 0.6) is 0 Å². The zero-order valence-electron chi connectivity index (χ0n) is 18.6. The summed E-state index contributed by atoms with van der Waals surface area (Å²) in [6, 6.07) is 6.50. The van der Waals surface area contributed by atoms with Crippen LogP contribution < -0.4 is 10.2 Å². The molecule has 2 amide bonds. The van der Waals surface area contributed by atoms with E-state index < -0.39 is 5.82 Å². The second-order valence-electron chi connectivity index (χ2n) is 8.18. The van der Waals surface area contributed by atoms with Crippen LogP contribution in [-0.4, -0.2) is 28.8 Å². The van der Waals surface area contributed by atoms with E-state index in [4.69, 9.17) is 0 Å². The monoisotopic (exact) mass is 432 g/mol. The van der Waals surface area contributed by atoms with Crippen molar-refractivity contribution in [1.29, 1.82) is 0 Å². The molecule has 7 heteroatoms. The van der Waals surface area contributed by atoms with Gasteiger partial charge >= 0.3 is 0 Å². The largest absolute Gasteiger partial charge is 0.344 e. The number of fused-ring (bicyclic) bond motifs is 1. The molecule has 164 valence electrons. The predicted molar refractivity (Wildman–Crippen MR) is 121 cm³/mol. The Bertz CT molecular complexity index is 1220. The molecule has 0 bridgehead atoms. The van der Waals surface area contributed by atoms with Crippen molar-refractivity contribution in [2.24, 2.45) is 0 Å². The molecule has 1 aliphatic rings. The number of aromatic nitrogens is 2. The van der Waals surface area contributed by atoms with Crippen LogP contribution in [-0.2, 0) is 11.2 Å². The smallest absolute Gasteiger partial charge is 0.270 e. The van der Waals surface area contributed by atoms with Crippen LogP contribution in [0.25, 0.3) is 11.1 Å². The SMILES string of the molecule is Cc1cccnc1C(=O)NC(C)c1cncc(-c2cc3c(cc2F)N(C)C(=O)CC3)c1C. The molecule has 3 aromatic rings. The van der Waals surface area contributed by atoms with Gasteiger partial charge in [0, 0.05) is 48.9 Å². The van der Waals surface area contributed by atoms with E-state index in [-0.39, 0.29) is 17.9 Å². The van der Waals surface area contributed by atoms with E-state index >= 15 is 4.39 Å². The molecule has 0 aliphatic carbocycles. The molecule has 1 aliphatic heterocycles. The number of rotatable bonds is 4. The van der Waals surface area contributed by atoms with E-state index in [1.54, 1.807) is 31.7 Å². The molecule has 1 unspecified atom stereocenters. The van der Waals surface area contributed by atoms with Gasteiger partial charge in [0.15, 0.2) is 0 Å². The topological polar surface area (TPSA) is 75.2 Å². The molecule has 0 spiro atoms. The number of nitrogens with one attached hydrogen (secondary N) is 1. The van der Waals surface area contributed by atoms with Crippen LogP contribution in [0.3, 0.4) is 0 Å². The fraction of sp³-hybridized carbons (Fsp3) is 0.280. The van der Waals surface area contributed by atoms with Gasteiger partial charge in [0.2, 0.25) is 5.91 Å². The highest BCUT2D eigenvalue weighted by molar-refractivity contribution is 5.96. The Morgan fingerprint density at radius 3 is 2.72 bits per heavy atom. The minimum absolute atomic E-state index is 0.0165. The number of benzene rings is 1. The third-order valence-corrected chi connectivity index (χ3v) is 6.10. The number of halogens is 1. The first-order valence-corrected chi connectivity index (χ1v) is 10.5. The average molecular weight is 432 g/mol. The van der Waals surface area contributed by atoms with Crippen molar-refractivity contribution in [1.82, 2.24) is 15.3 Å².